The molecular formula is C48H74N8O16. The molecule has 2 aliphatic heterocycles. The van der Waals surface area contributed by atoms with Crippen LogP contribution in [0.2, 0.25) is 0 Å². The highest BCUT2D eigenvalue weighted by Gasteiger charge is 2.54. The van der Waals surface area contributed by atoms with Crippen LogP contribution in [0.4, 0.5) is 0 Å². The summed E-state index contributed by atoms with van der Waals surface area (Å²) in [4.78, 5) is 109. The topological polar surface area (TPSA) is 323 Å². The Hall–Kier alpha value is -5.66. The number of hydrogen-bond donors (Lipinski definition) is 6. The van der Waals surface area contributed by atoms with E-state index in [-0.39, 0.29) is 99.6 Å². The number of ketones is 2. The monoisotopic (exact) mass is 1020 g/mol. The lowest BCUT2D eigenvalue weighted by Gasteiger charge is -2.29. The Labute approximate surface area is 419 Å². The van der Waals surface area contributed by atoms with Gasteiger partial charge in [-0.25, -0.2) is 0 Å². The maximum absolute atomic E-state index is 14.2. The lowest BCUT2D eigenvalue weighted by molar-refractivity contribution is -0.135. The molecule has 0 saturated carbocycles. The molecular weight excluding hydrogens is 945 g/mol. The minimum atomic E-state index is -1.31. The first-order valence-electron chi connectivity index (χ1n) is 24.3. The predicted octanol–water partition coefficient (Wildman–Crippen LogP) is 0.742. The third kappa shape index (κ3) is 17.0. The van der Waals surface area contributed by atoms with Crippen molar-refractivity contribution in [3.8, 4) is 0 Å². The molecule has 0 radical (unpaired) electrons. The van der Waals surface area contributed by atoms with Crippen LogP contribution < -0.4 is 31.9 Å². The zero-order valence-electron chi connectivity index (χ0n) is 43.3. The number of carbonyl (C=O) groups is 8. The van der Waals surface area contributed by atoms with Crippen molar-refractivity contribution in [2.75, 3.05) is 61.0 Å². The Morgan fingerprint density at radius 1 is 0.611 bits per heavy atom. The van der Waals surface area contributed by atoms with Gasteiger partial charge in [0.05, 0.1) is 45.1 Å². The average molecular weight is 1020 g/mol. The zero-order valence-corrected chi connectivity index (χ0v) is 43.3. The van der Waals surface area contributed by atoms with E-state index in [2.05, 4.69) is 42.2 Å². The van der Waals surface area contributed by atoms with Gasteiger partial charge in [-0.1, -0.05) is 58.3 Å². The third-order valence-corrected chi connectivity index (χ3v) is 12.2. The van der Waals surface area contributed by atoms with Gasteiger partial charge in [-0.3, -0.25) is 38.4 Å². The Bertz CT molecular complexity index is 2170. The van der Waals surface area contributed by atoms with E-state index >= 15 is 0 Å². The number of hydrogen-bond acceptors (Lipinski definition) is 18. The molecule has 9 atom stereocenters. The van der Waals surface area contributed by atoms with Crippen LogP contribution in [0.15, 0.2) is 21.2 Å². The number of aromatic nitrogens is 2. The molecule has 4 rings (SSSR count). The predicted molar refractivity (Wildman–Crippen MR) is 254 cm³/mol. The Kier molecular flexibility index (Phi) is 22.4. The van der Waals surface area contributed by atoms with Crippen molar-refractivity contribution in [2.24, 2.45) is 17.8 Å². The normalized spacial score (nSPS) is 20.0. The van der Waals surface area contributed by atoms with Crippen LogP contribution >= 0.6 is 0 Å². The van der Waals surface area contributed by atoms with E-state index in [9.17, 15) is 38.4 Å². The molecule has 4 heterocycles. The number of ether oxygens (including phenoxy) is 6. The largest absolute Gasteiger partial charge is 0.382 e. The first kappa shape index (κ1) is 58.9. The number of methoxy groups -OCH3 is 3. The number of nitrogens with one attached hydrogen (secondary N) is 6. The van der Waals surface area contributed by atoms with Gasteiger partial charge in [-0.05, 0) is 50.9 Å². The molecule has 2 aromatic rings. The molecule has 0 bridgehead atoms. The van der Waals surface area contributed by atoms with Gasteiger partial charge in [0.15, 0.2) is 34.3 Å². The summed E-state index contributed by atoms with van der Waals surface area (Å²) in [7, 11) is 4.01. The molecule has 9 unspecified atom stereocenters. The lowest BCUT2D eigenvalue weighted by Crippen LogP contribution is -2.59. The van der Waals surface area contributed by atoms with Crippen LogP contribution in [0.1, 0.15) is 114 Å². The van der Waals surface area contributed by atoms with Gasteiger partial charge in [0.2, 0.25) is 23.6 Å². The number of nitrogens with zero attached hydrogens (tertiary/aromatic N) is 2. The molecule has 24 nitrogen and oxygen atoms in total. The highest BCUT2D eigenvalue weighted by molar-refractivity contribution is 6.01. The molecule has 0 spiro atoms. The van der Waals surface area contributed by atoms with Crippen LogP contribution in [0.3, 0.4) is 0 Å². The van der Waals surface area contributed by atoms with Crippen molar-refractivity contribution < 1.29 is 75.8 Å². The molecule has 2 saturated heterocycles. The van der Waals surface area contributed by atoms with Crippen LogP contribution in [-0.2, 0) is 70.2 Å². The van der Waals surface area contributed by atoms with Crippen molar-refractivity contribution in [3.05, 3.63) is 35.0 Å². The van der Waals surface area contributed by atoms with Gasteiger partial charge >= 0.3 is 0 Å². The molecule has 402 valence electrons. The van der Waals surface area contributed by atoms with Crippen LogP contribution in [0.5, 0.6) is 0 Å². The highest BCUT2D eigenvalue weighted by Crippen LogP contribution is 2.36. The Balaban J connectivity index is 1.38. The van der Waals surface area contributed by atoms with Gasteiger partial charge < -0.3 is 69.4 Å². The maximum atomic E-state index is 14.2. The second-order valence-electron chi connectivity index (χ2n) is 19.3. The van der Waals surface area contributed by atoms with E-state index in [1.165, 1.54) is 33.5 Å². The third-order valence-electron chi connectivity index (χ3n) is 12.2. The molecule has 0 aromatic carbocycles. The maximum Gasteiger partial charge on any atom is 0.274 e. The van der Waals surface area contributed by atoms with Crippen molar-refractivity contribution in [3.63, 3.8) is 0 Å². The van der Waals surface area contributed by atoms with Crippen LogP contribution in [0, 0.1) is 17.8 Å². The van der Waals surface area contributed by atoms with Crippen molar-refractivity contribution >= 4 is 47.0 Å². The molecule has 2 aromatic heterocycles. The first-order valence-corrected chi connectivity index (χ1v) is 24.3. The fourth-order valence-corrected chi connectivity index (χ4v) is 7.67. The SMILES string of the molecule is CCOCc1cc(C(=O)NC(COC)C(=O)NC(COC)C(=O)NC(CC(C)C)C(=O)C2(CCc3cc(C(=O)NC(COC)C(=O)NC(C(=O)NC(CC(C)C)C(=O)C4(C)CO4)C(C)CC)no3)CO2)no1. The summed E-state index contributed by atoms with van der Waals surface area (Å²) < 4.78 is 42.6. The summed E-state index contributed by atoms with van der Waals surface area (Å²) in [6.07, 6.45) is 1.27. The standard InChI is InChI=1S/C48H74N8O16/c1-12-28(7)38(46(64)50-31(16-26(3)4)39(57)47(8)24-69-47)54-45(63)37(23-67-11)52-41(59)33-18-29(71-55-33)14-15-48(25-70-48)40(58)32(17-27(5)6)49-43(61)35(21-65-9)53-44(62)36(22-66-10)51-42(60)34-19-30(72-56-34)20-68-13-2/h18-19,26-28,31-32,35-38H,12-17,20-25H2,1-11H3,(H,49,61)(H,50,64)(H,51,60)(H,52,59)(H,53,62)(H,54,63). The molecule has 6 amide bonds. The quantitative estimate of drug-likeness (QED) is 0.0527. The summed E-state index contributed by atoms with van der Waals surface area (Å²) in [5.41, 5.74) is -2.56. The fraction of sp³-hybridized carbons (Fsp3) is 0.708. The second kappa shape index (κ2) is 27.4. The molecule has 72 heavy (non-hydrogen) atoms. The summed E-state index contributed by atoms with van der Waals surface area (Å²) >= 11 is 0. The number of carbonyl (C=O) groups excluding carboxylic acids is 8. The van der Waals surface area contributed by atoms with E-state index in [0.717, 1.165) is 0 Å². The van der Waals surface area contributed by atoms with E-state index in [1.807, 2.05) is 34.6 Å². The number of aryl methyl sites for hydroxylation is 1. The summed E-state index contributed by atoms with van der Waals surface area (Å²) in [5, 5.41) is 23.6. The summed E-state index contributed by atoms with van der Waals surface area (Å²) in [6, 6.07) is -4.04. The first-order chi connectivity index (χ1) is 34.1. The number of Topliss-reactive ketones (excluding diaryl/α,β-unsaturated/α-hetero) is 2. The number of amides is 6. The van der Waals surface area contributed by atoms with E-state index in [1.54, 1.807) is 20.8 Å². The number of rotatable bonds is 34. The average Bonchev–Trinajstić information content (AvgIpc) is 4.17. The van der Waals surface area contributed by atoms with Crippen LogP contribution in [0.25, 0.3) is 0 Å². The molecule has 24 heteroatoms. The van der Waals surface area contributed by atoms with Crippen molar-refractivity contribution in [2.45, 2.75) is 142 Å². The molecule has 0 aliphatic carbocycles. The Morgan fingerprint density at radius 3 is 1.51 bits per heavy atom. The summed E-state index contributed by atoms with van der Waals surface area (Å²) in [6.45, 7) is 14.7. The van der Waals surface area contributed by atoms with E-state index in [0.29, 0.717) is 25.2 Å². The summed E-state index contributed by atoms with van der Waals surface area (Å²) in [5.74, 6) is -4.77. The van der Waals surface area contributed by atoms with Gasteiger partial charge in [-0.2, -0.15) is 0 Å². The van der Waals surface area contributed by atoms with Crippen molar-refractivity contribution in [1.82, 2.24) is 42.2 Å². The zero-order chi connectivity index (χ0) is 53.3. The minimum absolute atomic E-state index is 0.0407. The van der Waals surface area contributed by atoms with Gasteiger partial charge in [0.1, 0.15) is 42.1 Å². The number of epoxide rings is 2. The van der Waals surface area contributed by atoms with Gasteiger partial charge in [-0.15, -0.1) is 0 Å². The molecule has 6 N–H and O–H groups in total. The fourth-order valence-electron chi connectivity index (χ4n) is 7.67. The van der Waals surface area contributed by atoms with Gasteiger partial charge in [0.25, 0.3) is 11.8 Å². The lowest BCUT2D eigenvalue weighted by atomic mass is 9.89. The minimum Gasteiger partial charge on any atom is -0.382 e. The van der Waals surface area contributed by atoms with Gasteiger partial charge in [0, 0.05) is 46.5 Å². The second-order valence-corrected chi connectivity index (χ2v) is 19.3. The van der Waals surface area contributed by atoms with Crippen LogP contribution in [-0.4, -0.2) is 166 Å². The Morgan fingerprint density at radius 2 is 1.06 bits per heavy atom. The highest BCUT2D eigenvalue weighted by atomic mass is 16.6. The molecule has 2 fully saturated rings. The van der Waals surface area contributed by atoms with E-state index in [4.69, 9.17) is 37.5 Å². The van der Waals surface area contributed by atoms with Crippen molar-refractivity contribution in [1.29, 1.82) is 0 Å². The molecule has 2 aliphatic rings. The smallest absolute Gasteiger partial charge is 0.274 e. The van der Waals surface area contributed by atoms with E-state index < -0.39 is 88.7 Å².